The molecular weight excluding hydrogens is 396 g/mol. The predicted molar refractivity (Wildman–Crippen MR) is 116 cm³/mol. The van der Waals surface area contributed by atoms with Gasteiger partial charge in [-0.05, 0) is 54.1 Å². The number of para-hydroxylation sites is 1. The molecule has 0 atom stereocenters. The highest BCUT2D eigenvalue weighted by Gasteiger charge is 2.13. The second-order valence-corrected chi connectivity index (χ2v) is 6.99. The van der Waals surface area contributed by atoms with E-state index in [-0.39, 0.29) is 11.4 Å². The van der Waals surface area contributed by atoms with Crippen LogP contribution in [-0.4, -0.2) is 10.5 Å². The predicted octanol–water partition coefficient (Wildman–Crippen LogP) is 5.51. The molecule has 0 saturated carbocycles. The molecule has 1 N–H and O–H groups in total. The van der Waals surface area contributed by atoms with Crippen LogP contribution < -0.4 is 5.32 Å². The monoisotopic (exact) mass is 413 g/mol. The maximum absolute atomic E-state index is 13.2. The fourth-order valence-corrected chi connectivity index (χ4v) is 3.34. The molecule has 152 valence electrons. The number of nitriles is 1. The average molecular weight is 413 g/mol. The van der Waals surface area contributed by atoms with Crippen molar-refractivity contribution in [2.45, 2.75) is 6.54 Å². The van der Waals surface area contributed by atoms with E-state index in [9.17, 15) is 18.8 Å². The van der Waals surface area contributed by atoms with Gasteiger partial charge < -0.3 is 9.88 Å². The average Bonchev–Trinajstić information content (AvgIpc) is 3.12. The zero-order chi connectivity index (χ0) is 21.8. The second kappa shape index (κ2) is 8.64. The van der Waals surface area contributed by atoms with Gasteiger partial charge in [-0.25, -0.2) is 8.78 Å². The van der Waals surface area contributed by atoms with Gasteiger partial charge in [-0.1, -0.05) is 30.3 Å². The van der Waals surface area contributed by atoms with Crippen molar-refractivity contribution < 1.29 is 13.6 Å². The van der Waals surface area contributed by atoms with Crippen molar-refractivity contribution in [1.82, 2.24) is 4.57 Å². The second-order valence-electron chi connectivity index (χ2n) is 6.99. The summed E-state index contributed by atoms with van der Waals surface area (Å²) in [5, 5.41) is 13.0. The van der Waals surface area contributed by atoms with Crippen LogP contribution in [0.2, 0.25) is 0 Å². The summed E-state index contributed by atoms with van der Waals surface area (Å²) in [6.45, 7) is 0.512. The van der Waals surface area contributed by atoms with Crippen LogP contribution in [0.15, 0.2) is 84.6 Å². The Kier molecular flexibility index (Phi) is 5.59. The Morgan fingerprint density at radius 1 is 0.968 bits per heavy atom. The summed E-state index contributed by atoms with van der Waals surface area (Å²) in [5.74, 6) is -1.29. The SMILES string of the molecule is N#C/C(=C\c1cn(Cc2ccc(F)cc2)c2ccccc12)C(=O)Nc1ccc(F)cc1. The number of aromatic nitrogens is 1. The van der Waals surface area contributed by atoms with Gasteiger partial charge in [0.2, 0.25) is 0 Å². The minimum absolute atomic E-state index is 0.0750. The van der Waals surface area contributed by atoms with Crippen LogP contribution in [0, 0.1) is 23.0 Å². The Hall–Kier alpha value is -4.24. The number of benzene rings is 3. The number of anilines is 1. The van der Waals surface area contributed by atoms with Crippen molar-refractivity contribution in [1.29, 1.82) is 5.26 Å². The highest BCUT2D eigenvalue weighted by atomic mass is 19.1. The van der Waals surface area contributed by atoms with Crippen LogP contribution in [0.1, 0.15) is 11.1 Å². The number of amides is 1. The van der Waals surface area contributed by atoms with Crippen LogP contribution in [0.5, 0.6) is 0 Å². The van der Waals surface area contributed by atoms with Crippen molar-refractivity contribution in [2.75, 3.05) is 5.32 Å². The van der Waals surface area contributed by atoms with Gasteiger partial charge in [-0.15, -0.1) is 0 Å². The highest BCUT2D eigenvalue weighted by molar-refractivity contribution is 6.10. The molecule has 0 aliphatic heterocycles. The number of carbonyl (C=O) groups is 1. The number of fused-ring (bicyclic) bond motifs is 1. The fraction of sp³-hybridized carbons (Fsp3) is 0.0400. The number of nitrogens with zero attached hydrogens (tertiary/aromatic N) is 2. The van der Waals surface area contributed by atoms with Gasteiger partial charge >= 0.3 is 0 Å². The zero-order valence-corrected chi connectivity index (χ0v) is 16.3. The number of halogens is 2. The minimum atomic E-state index is -0.579. The summed E-state index contributed by atoms with van der Waals surface area (Å²) in [6, 6.07) is 21.2. The van der Waals surface area contributed by atoms with Gasteiger partial charge in [0.15, 0.2) is 0 Å². The van der Waals surface area contributed by atoms with Crippen LogP contribution in [0.3, 0.4) is 0 Å². The first-order valence-electron chi connectivity index (χ1n) is 9.54. The number of rotatable bonds is 5. The molecule has 1 amide bonds. The molecule has 4 rings (SSSR count). The largest absolute Gasteiger partial charge is 0.342 e. The molecule has 0 spiro atoms. The van der Waals surface area contributed by atoms with Crippen molar-refractivity contribution in [3.05, 3.63) is 107 Å². The van der Waals surface area contributed by atoms with Gasteiger partial charge in [0, 0.05) is 34.9 Å². The normalized spacial score (nSPS) is 11.3. The molecule has 0 unspecified atom stereocenters. The third-order valence-electron chi connectivity index (χ3n) is 4.85. The molecule has 0 saturated heterocycles. The summed E-state index contributed by atoms with van der Waals surface area (Å²) in [5.41, 5.74) is 2.88. The Morgan fingerprint density at radius 3 is 2.29 bits per heavy atom. The first-order chi connectivity index (χ1) is 15.0. The first kappa shape index (κ1) is 20.0. The van der Waals surface area contributed by atoms with Crippen molar-refractivity contribution in [3.63, 3.8) is 0 Å². The molecule has 0 aliphatic carbocycles. The van der Waals surface area contributed by atoms with E-state index in [0.717, 1.165) is 16.5 Å². The topological polar surface area (TPSA) is 57.8 Å². The summed E-state index contributed by atoms with van der Waals surface area (Å²) in [7, 11) is 0. The quantitative estimate of drug-likeness (QED) is 0.346. The molecule has 0 radical (unpaired) electrons. The van der Waals surface area contributed by atoms with E-state index in [1.54, 1.807) is 12.1 Å². The Balaban J connectivity index is 1.66. The number of nitrogens with one attached hydrogen (secondary N) is 1. The summed E-state index contributed by atoms with van der Waals surface area (Å²) >= 11 is 0. The molecule has 4 aromatic rings. The third kappa shape index (κ3) is 4.51. The van der Waals surface area contributed by atoms with E-state index >= 15 is 0 Å². The molecule has 4 nitrogen and oxygen atoms in total. The van der Waals surface area contributed by atoms with Gasteiger partial charge in [-0.2, -0.15) is 5.26 Å². The smallest absolute Gasteiger partial charge is 0.266 e. The lowest BCUT2D eigenvalue weighted by atomic mass is 10.1. The Morgan fingerprint density at radius 2 is 1.61 bits per heavy atom. The molecule has 1 aromatic heterocycles. The van der Waals surface area contributed by atoms with Gasteiger partial charge in [-0.3, -0.25) is 4.79 Å². The third-order valence-corrected chi connectivity index (χ3v) is 4.85. The number of hydrogen-bond donors (Lipinski definition) is 1. The Bertz CT molecular complexity index is 1310. The van der Waals surface area contributed by atoms with Crippen molar-refractivity contribution in [3.8, 4) is 6.07 Å². The van der Waals surface area contributed by atoms with Gasteiger partial charge in [0.05, 0.1) is 0 Å². The van der Waals surface area contributed by atoms with Crippen LogP contribution >= 0.6 is 0 Å². The van der Waals surface area contributed by atoms with Crippen LogP contribution in [0.25, 0.3) is 17.0 Å². The van der Waals surface area contributed by atoms with Crippen LogP contribution in [0.4, 0.5) is 14.5 Å². The maximum Gasteiger partial charge on any atom is 0.266 e. The molecule has 1 heterocycles. The first-order valence-corrected chi connectivity index (χ1v) is 9.54. The molecule has 6 heteroatoms. The summed E-state index contributed by atoms with van der Waals surface area (Å²) in [6.07, 6.45) is 3.39. The lowest BCUT2D eigenvalue weighted by Crippen LogP contribution is -2.13. The lowest BCUT2D eigenvalue weighted by molar-refractivity contribution is -0.112. The lowest BCUT2D eigenvalue weighted by Gasteiger charge is -2.05. The van der Waals surface area contributed by atoms with E-state index in [2.05, 4.69) is 5.32 Å². The van der Waals surface area contributed by atoms with E-state index in [4.69, 9.17) is 0 Å². The van der Waals surface area contributed by atoms with Crippen molar-refractivity contribution >= 4 is 28.6 Å². The zero-order valence-electron chi connectivity index (χ0n) is 16.3. The van der Waals surface area contributed by atoms with E-state index < -0.39 is 11.7 Å². The summed E-state index contributed by atoms with van der Waals surface area (Å²) < 4.78 is 28.3. The highest BCUT2D eigenvalue weighted by Crippen LogP contribution is 2.25. The molecule has 3 aromatic carbocycles. The summed E-state index contributed by atoms with van der Waals surface area (Å²) in [4.78, 5) is 12.6. The van der Waals surface area contributed by atoms with Gasteiger partial charge in [0.1, 0.15) is 23.3 Å². The van der Waals surface area contributed by atoms with Crippen LogP contribution in [-0.2, 0) is 11.3 Å². The van der Waals surface area contributed by atoms with Gasteiger partial charge in [0.25, 0.3) is 5.91 Å². The van der Waals surface area contributed by atoms with E-state index in [0.29, 0.717) is 17.8 Å². The standard InChI is InChI=1S/C25H17F2N3O/c26-20-7-5-17(6-8-20)15-30-16-19(23-3-1-2-4-24(23)30)13-18(14-28)25(31)29-22-11-9-21(27)10-12-22/h1-13,16H,15H2,(H,29,31)/b18-13+. The molecule has 0 bridgehead atoms. The molecule has 0 fully saturated rings. The maximum atomic E-state index is 13.2. The Labute approximate surface area is 177 Å². The minimum Gasteiger partial charge on any atom is -0.342 e. The fourth-order valence-electron chi connectivity index (χ4n) is 3.34. The molecule has 0 aliphatic rings. The van der Waals surface area contributed by atoms with E-state index in [1.165, 1.54) is 42.5 Å². The number of carbonyl (C=O) groups excluding carboxylic acids is 1. The molecule has 31 heavy (non-hydrogen) atoms. The van der Waals surface area contributed by atoms with Crippen molar-refractivity contribution in [2.24, 2.45) is 0 Å². The number of hydrogen-bond acceptors (Lipinski definition) is 2. The molecular formula is C25H17F2N3O. The van der Waals surface area contributed by atoms with E-state index in [1.807, 2.05) is 41.1 Å².